The van der Waals surface area contributed by atoms with Crippen molar-refractivity contribution in [2.45, 2.75) is 13.5 Å². The van der Waals surface area contributed by atoms with Crippen LogP contribution < -0.4 is 15.0 Å². The molecule has 1 saturated heterocycles. The summed E-state index contributed by atoms with van der Waals surface area (Å²) >= 11 is 6.90. The number of carbonyl (C=O) groups excluding carboxylic acids is 3. The zero-order valence-corrected chi connectivity index (χ0v) is 20.6. The largest absolute Gasteiger partial charge is 0.488 e. The molecule has 8 heteroatoms. The van der Waals surface area contributed by atoms with Gasteiger partial charge in [-0.15, -0.1) is 0 Å². The highest BCUT2D eigenvalue weighted by atomic mass is 79.9. The monoisotopic (exact) mass is 568 g/mol. The number of para-hydroxylation sites is 1. The number of benzene rings is 3. The van der Waals surface area contributed by atoms with Crippen LogP contribution in [0.25, 0.3) is 6.08 Å². The van der Waals surface area contributed by atoms with Gasteiger partial charge in [-0.1, -0.05) is 68.3 Å². The zero-order valence-electron chi connectivity index (χ0n) is 17.5. The van der Waals surface area contributed by atoms with Gasteiger partial charge < -0.3 is 4.74 Å². The Morgan fingerprint density at radius 1 is 0.939 bits per heavy atom. The van der Waals surface area contributed by atoms with E-state index in [4.69, 9.17) is 4.74 Å². The van der Waals surface area contributed by atoms with E-state index in [1.165, 1.54) is 6.08 Å². The molecule has 3 aromatic carbocycles. The van der Waals surface area contributed by atoms with Crippen molar-refractivity contribution in [1.29, 1.82) is 0 Å². The molecule has 6 nitrogen and oxygen atoms in total. The second-order valence-electron chi connectivity index (χ2n) is 7.31. The van der Waals surface area contributed by atoms with E-state index in [0.717, 1.165) is 25.0 Å². The van der Waals surface area contributed by atoms with Crippen LogP contribution in [-0.4, -0.2) is 17.8 Å². The first-order chi connectivity index (χ1) is 15.8. The lowest BCUT2D eigenvalue weighted by Crippen LogP contribution is -2.54. The Morgan fingerprint density at radius 2 is 1.67 bits per heavy atom. The van der Waals surface area contributed by atoms with Gasteiger partial charge in [0.2, 0.25) is 0 Å². The Bertz CT molecular complexity index is 1300. The van der Waals surface area contributed by atoms with Crippen LogP contribution in [0.5, 0.6) is 5.75 Å². The molecular formula is C25H18Br2N2O4. The molecule has 0 aromatic heterocycles. The number of hydrogen-bond acceptors (Lipinski definition) is 4. The standard InChI is InChI=1S/C25H18Br2N2O4/c1-15-12-18(10-11-20(15)26)29-24(31)19(23(30)28-25(29)32)13-16-6-3-5-9-22(16)33-14-17-7-2-4-8-21(17)27/h2-13H,14H2,1H3,(H,28,30,32)/b19-13-. The van der Waals surface area contributed by atoms with Gasteiger partial charge in [0.15, 0.2) is 0 Å². The lowest BCUT2D eigenvalue weighted by atomic mass is 10.1. The molecule has 1 aliphatic heterocycles. The molecule has 4 rings (SSSR count). The number of imide groups is 2. The third-order valence-corrected chi connectivity index (χ3v) is 6.72. The number of carbonyl (C=O) groups is 3. The van der Waals surface area contributed by atoms with Gasteiger partial charge in [0.25, 0.3) is 11.8 Å². The molecule has 1 fully saturated rings. The summed E-state index contributed by atoms with van der Waals surface area (Å²) in [6.45, 7) is 2.14. The predicted molar refractivity (Wildman–Crippen MR) is 133 cm³/mol. The van der Waals surface area contributed by atoms with Crippen molar-refractivity contribution in [2.24, 2.45) is 0 Å². The van der Waals surface area contributed by atoms with E-state index in [-0.39, 0.29) is 5.57 Å². The first-order valence-corrected chi connectivity index (χ1v) is 11.6. The van der Waals surface area contributed by atoms with Crippen LogP contribution in [0.3, 0.4) is 0 Å². The summed E-state index contributed by atoms with van der Waals surface area (Å²) in [6, 6.07) is 19.1. The highest BCUT2D eigenvalue weighted by Crippen LogP contribution is 2.28. The number of hydrogen-bond donors (Lipinski definition) is 1. The normalized spacial score (nSPS) is 15.1. The summed E-state index contributed by atoms with van der Waals surface area (Å²) in [4.78, 5) is 39.2. The summed E-state index contributed by atoms with van der Waals surface area (Å²) in [5, 5.41) is 2.25. The maximum atomic E-state index is 13.2. The fourth-order valence-corrected chi connectivity index (χ4v) is 3.96. The first-order valence-electron chi connectivity index (χ1n) is 9.98. The van der Waals surface area contributed by atoms with Crippen LogP contribution in [0.15, 0.2) is 81.2 Å². The second-order valence-corrected chi connectivity index (χ2v) is 9.02. The third-order valence-electron chi connectivity index (χ3n) is 5.06. The Balaban J connectivity index is 1.66. The minimum atomic E-state index is -0.790. The van der Waals surface area contributed by atoms with Crippen LogP contribution in [0.1, 0.15) is 16.7 Å². The number of ether oxygens (including phenoxy) is 1. The van der Waals surface area contributed by atoms with Gasteiger partial charge in [-0.05, 0) is 48.9 Å². The number of halogens is 2. The van der Waals surface area contributed by atoms with Gasteiger partial charge in [-0.3, -0.25) is 14.9 Å². The molecule has 0 atom stereocenters. The number of barbiturate groups is 1. The number of urea groups is 1. The molecule has 1 aliphatic rings. The number of nitrogens with zero attached hydrogens (tertiary/aromatic N) is 1. The molecule has 3 aromatic rings. The number of aryl methyl sites for hydroxylation is 1. The molecule has 4 amide bonds. The molecule has 33 heavy (non-hydrogen) atoms. The Labute approximate surface area is 207 Å². The fraction of sp³-hybridized carbons (Fsp3) is 0.0800. The van der Waals surface area contributed by atoms with Crippen LogP contribution in [0.4, 0.5) is 10.5 Å². The summed E-state index contributed by atoms with van der Waals surface area (Å²) in [6.07, 6.45) is 1.44. The maximum absolute atomic E-state index is 13.2. The smallest absolute Gasteiger partial charge is 0.335 e. The van der Waals surface area contributed by atoms with Crippen molar-refractivity contribution in [3.63, 3.8) is 0 Å². The van der Waals surface area contributed by atoms with E-state index in [1.807, 2.05) is 31.2 Å². The van der Waals surface area contributed by atoms with E-state index in [1.54, 1.807) is 42.5 Å². The average Bonchev–Trinajstić information content (AvgIpc) is 2.79. The van der Waals surface area contributed by atoms with E-state index < -0.39 is 17.8 Å². The Kier molecular flexibility index (Phi) is 6.76. The lowest BCUT2D eigenvalue weighted by molar-refractivity contribution is -0.122. The second kappa shape index (κ2) is 9.72. The van der Waals surface area contributed by atoms with Crippen LogP contribution in [-0.2, 0) is 16.2 Å². The summed E-state index contributed by atoms with van der Waals surface area (Å²) in [7, 11) is 0. The van der Waals surface area contributed by atoms with Gasteiger partial charge in [-0.2, -0.15) is 0 Å². The highest BCUT2D eigenvalue weighted by molar-refractivity contribution is 9.10. The molecule has 1 heterocycles. The fourth-order valence-electron chi connectivity index (χ4n) is 3.32. The van der Waals surface area contributed by atoms with Gasteiger partial charge in [0.05, 0.1) is 5.69 Å². The minimum absolute atomic E-state index is 0.160. The molecule has 1 N–H and O–H groups in total. The zero-order chi connectivity index (χ0) is 23.5. The quantitative estimate of drug-likeness (QED) is 0.313. The topological polar surface area (TPSA) is 75.7 Å². The maximum Gasteiger partial charge on any atom is 0.335 e. The van der Waals surface area contributed by atoms with Gasteiger partial charge >= 0.3 is 6.03 Å². The number of rotatable bonds is 5. The van der Waals surface area contributed by atoms with E-state index in [2.05, 4.69) is 37.2 Å². The SMILES string of the molecule is Cc1cc(N2C(=O)NC(=O)/C(=C/c3ccccc3OCc3ccccc3Br)C2=O)ccc1Br. The van der Waals surface area contributed by atoms with Gasteiger partial charge in [0.1, 0.15) is 17.9 Å². The van der Waals surface area contributed by atoms with Crippen molar-refractivity contribution in [1.82, 2.24) is 5.32 Å². The van der Waals surface area contributed by atoms with E-state index in [0.29, 0.717) is 23.6 Å². The van der Waals surface area contributed by atoms with Crippen LogP contribution in [0, 0.1) is 6.92 Å². The van der Waals surface area contributed by atoms with Gasteiger partial charge in [-0.25, -0.2) is 9.69 Å². The molecule has 0 spiro atoms. The van der Waals surface area contributed by atoms with Crippen molar-refractivity contribution in [3.05, 3.63) is 97.9 Å². The van der Waals surface area contributed by atoms with Crippen LogP contribution >= 0.6 is 31.9 Å². The van der Waals surface area contributed by atoms with Gasteiger partial charge in [0, 0.05) is 20.1 Å². The molecule has 166 valence electrons. The molecule has 0 radical (unpaired) electrons. The van der Waals surface area contributed by atoms with Crippen molar-refractivity contribution < 1.29 is 19.1 Å². The molecule has 0 bridgehead atoms. The number of amides is 4. The summed E-state index contributed by atoms with van der Waals surface area (Å²) < 4.78 is 7.74. The molecule has 0 saturated carbocycles. The number of anilines is 1. The molecule has 0 aliphatic carbocycles. The summed E-state index contributed by atoms with van der Waals surface area (Å²) in [5.74, 6) is -0.953. The Hall–Kier alpha value is -3.23. The molecule has 0 unspecified atom stereocenters. The van der Waals surface area contributed by atoms with E-state index >= 15 is 0 Å². The first kappa shape index (κ1) is 22.9. The average molecular weight is 570 g/mol. The molecular weight excluding hydrogens is 552 g/mol. The van der Waals surface area contributed by atoms with E-state index in [9.17, 15) is 14.4 Å². The van der Waals surface area contributed by atoms with Crippen molar-refractivity contribution in [3.8, 4) is 5.75 Å². The minimum Gasteiger partial charge on any atom is -0.488 e. The van der Waals surface area contributed by atoms with Crippen LogP contribution in [0.2, 0.25) is 0 Å². The Morgan fingerprint density at radius 3 is 2.42 bits per heavy atom. The predicted octanol–water partition coefficient (Wildman–Crippen LogP) is 5.77. The van der Waals surface area contributed by atoms with Crippen molar-refractivity contribution >= 4 is 61.5 Å². The summed E-state index contributed by atoms with van der Waals surface area (Å²) in [5.41, 5.74) is 2.56. The number of nitrogens with one attached hydrogen (secondary N) is 1. The van der Waals surface area contributed by atoms with Crippen molar-refractivity contribution in [2.75, 3.05) is 4.90 Å². The third kappa shape index (κ3) is 4.91. The highest BCUT2D eigenvalue weighted by Gasteiger charge is 2.37. The lowest BCUT2D eigenvalue weighted by Gasteiger charge is -2.26.